The quantitative estimate of drug-likeness (QED) is 0.519. The molecule has 0 unspecified atom stereocenters. The van der Waals surface area contributed by atoms with Crippen LogP contribution in [0.25, 0.3) is 6.08 Å². The Hall–Kier alpha value is -3.63. The molecule has 0 aromatic heterocycles. The van der Waals surface area contributed by atoms with Crippen LogP contribution in [-0.4, -0.2) is 16.8 Å². The van der Waals surface area contributed by atoms with Gasteiger partial charge < -0.3 is 5.11 Å². The fourth-order valence-corrected chi connectivity index (χ4v) is 3.85. The van der Waals surface area contributed by atoms with E-state index in [1.165, 1.54) is 11.0 Å². The number of rotatable bonds is 5. The average molecular weight is 430 g/mol. The molecule has 1 aliphatic heterocycles. The number of halogens is 1. The van der Waals surface area contributed by atoms with Crippen LogP contribution < -0.4 is 4.90 Å². The summed E-state index contributed by atoms with van der Waals surface area (Å²) in [7, 11) is 0. The van der Waals surface area contributed by atoms with E-state index < -0.39 is 23.5 Å². The second-order valence-electron chi connectivity index (χ2n) is 7.29. The lowest BCUT2D eigenvalue weighted by molar-refractivity contribution is -0.117. The number of nitrogens with zero attached hydrogens (tertiary/aromatic N) is 1. The summed E-state index contributed by atoms with van der Waals surface area (Å²) in [5, 5.41) is 11.3. The topological polar surface area (TPSA) is 57.6 Å². The van der Waals surface area contributed by atoms with Gasteiger partial charge in [0.25, 0.3) is 5.91 Å². The number of aliphatic hydroxyl groups is 1. The summed E-state index contributed by atoms with van der Waals surface area (Å²) in [5.41, 5.74) is 3.06. The number of anilines is 1. The Balaban J connectivity index is 1.81. The summed E-state index contributed by atoms with van der Waals surface area (Å²) in [4.78, 5) is 27.8. The number of hydrogen-bond donors (Lipinski definition) is 1. The summed E-state index contributed by atoms with van der Waals surface area (Å²) in [5.74, 6) is -1.57. The Labute approximate surface area is 185 Å². The summed E-state index contributed by atoms with van der Waals surface area (Å²) in [6.07, 6.45) is 3.06. The molecule has 3 aromatic carbocycles. The van der Waals surface area contributed by atoms with Crippen molar-refractivity contribution in [1.82, 2.24) is 0 Å². The van der Waals surface area contributed by atoms with Crippen LogP contribution in [0.4, 0.5) is 5.69 Å². The van der Waals surface area contributed by atoms with Crippen molar-refractivity contribution in [2.75, 3.05) is 4.90 Å². The first-order chi connectivity index (χ1) is 15.0. The van der Waals surface area contributed by atoms with Gasteiger partial charge in [0.1, 0.15) is 0 Å². The summed E-state index contributed by atoms with van der Waals surface area (Å²) in [6, 6.07) is 22.9. The van der Waals surface area contributed by atoms with Crippen molar-refractivity contribution in [1.29, 1.82) is 0 Å². The molecular formula is C26H20ClNO3. The maximum absolute atomic E-state index is 13.2. The lowest BCUT2D eigenvalue weighted by atomic mass is 9.95. The number of para-hydroxylation sites is 1. The third-order valence-electron chi connectivity index (χ3n) is 5.26. The molecule has 0 saturated carbocycles. The molecule has 4 rings (SSSR count). The van der Waals surface area contributed by atoms with Crippen LogP contribution in [0.2, 0.25) is 5.02 Å². The molecule has 31 heavy (non-hydrogen) atoms. The number of allylic oxidation sites excluding steroid dienone is 1. The van der Waals surface area contributed by atoms with Gasteiger partial charge in [0, 0.05) is 10.7 Å². The smallest absolute Gasteiger partial charge is 0.294 e. The zero-order valence-electron chi connectivity index (χ0n) is 16.8. The average Bonchev–Trinajstić information content (AvgIpc) is 3.04. The highest BCUT2D eigenvalue weighted by Gasteiger charge is 2.44. The molecule has 0 spiro atoms. The molecule has 5 heteroatoms. The van der Waals surface area contributed by atoms with Crippen molar-refractivity contribution in [3.8, 4) is 0 Å². The number of benzene rings is 3. The lowest BCUT2D eigenvalue weighted by Crippen LogP contribution is -2.31. The van der Waals surface area contributed by atoms with E-state index in [-0.39, 0.29) is 5.57 Å². The highest BCUT2D eigenvalue weighted by Crippen LogP contribution is 2.42. The van der Waals surface area contributed by atoms with E-state index in [1.54, 1.807) is 36.4 Å². The fraction of sp³-hybridized carbons (Fsp3) is 0.0769. The van der Waals surface area contributed by atoms with Gasteiger partial charge in [-0.2, -0.15) is 0 Å². The monoisotopic (exact) mass is 429 g/mol. The number of hydrogen-bond acceptors (Lipinski definition) is 3. The standard InChI is InChI=1S/C26H20ClNO3/c1-17-7-5-6-10-21(17)28-24(19-12-14-20(27)15-13-19)23(25(30)26(28)31)22(29)16-11-18-8-3-2-4-9-18/h2-16,24,30H,1H3/b16-11+/t24-/m0/s1. The van der Waals surface area contributed by atoms with Crippen molar-refractivity contribution >= 4 is 35.1 Å². The molecule has 154 valence electrons. The van der Waals surface area contributed by atoms with Crippen LogP contribution >= 0.6 is 11.6 Å². The van der Waals surface area contributed by atoms with Gasteiger partial charge in [0.2, 0.25) is 0 Å². The van der Waals surface area contributed by atoms with Crippen molar-refractivity contribution in [2.24, 2.45) is 0 Å². The van der Waals surface area contributed by atoms with Gasteiger partial charge in [-0.1, -0.05) is 78.3 Å². The molecule has 3 aromatic rings. The Bertz CT molecular complexity index is 1200. The summed E-state index contributed by atoms with van der Waals surface area (Å²) >= 11 is 6.05. The van der Waals surface area contributed by atoms with Crippen LogP contribution in [0.3, 0.4) is 0 Å². The number of carbonyl (C=O) groups is 2. The Kier molecular flexibility index (Phi) is 5.74. The number of amides is 1. The number of carbonyl (C=O) groups excluding carboxylic acids is 2. The van der Waals surface area contributed by atoms with E-state index in [4.69, 9.17) is 11.6 Å². The first kappa shape index (κ1) is 20.6. The van der Waals surface area contributed by atoms with Crippen molar-refractivity contribution in [3.05, 3.63) is 118 Å². The number of aryl methyl sites for hydroxylation is 1. The number of aliphatic hydroxyl groups excluding tert-OH is 1. The fourth-order valence-electron chi connectivity index (χ4n) is 3.73. The zero-order chi connectivity index (χ0) is 22.0. The second-order valence-corrected chi connectivity index (χ2v) is 7.72. The normalized spacial score (nSPS) is 16.4. The van der Waals surface area contributed by atoms with Gasteiger partial charge in [-0.15, -0.1) is 0 Å². The molecule has 1 N–H and O–H groups in total. The number of ketones is 1. The third-order valence-corrected chi connectivity index (χ3v) is 5.51. The van der Waals surface area contributed by atoms with E-state index in [2.05, 4.69) is 0 Å². The van der Waals surface area contributed by atoms with Crippen molar-refractivity contribution < 1.29 is 14.7 Å². The van der Waals surface area contributed by atoms with Gasteiger partial charge in [-0.25, -0.2) is 0 Å². The maximum atomic E-state index is 13.2. The van der Waals surface area contributed by atoms with Crippen LogP contribution in [0, 0.1) is 6.92 Å². The lowest BCUT2D eigenvalue weighted by Gasteiger charge is -2.28. The molecule has 0 bridgehead atoms. The molecule has 0 saturated heterocycles. The minimum Gasteiger partial charge on any atom is -0.503 e. The first-order valence-corrected chi connectivity index (χ1v) is 10.2. The molecular weight excluding hydrogens is 410 g/mol. The molecule has 0 aliphatic carbocycles. The van der Waals surface area contributed by atoms with Crippen molar-refractivity contribution in [3.63, 3.8) is 0 Å². The maximum Gasteiger partial charge on any atom is 0.294 e. The van der Waals surface area contributed by atoms with Gasteiger partial charge in [0.05, 0.1) is 11.6 Å². The SMILES string of the molecule is Cc1ccccc1N1C(=O)C(O)=C(C(=O)/C=C/c2ccccc2)[C@@H]1c1ccc(Cl)cc1. The second kappa shape index (κ2) is 8.62. The molecule has 4 nitrogen and oxygen atoms in total. The Morgan fingerprint density at radius 1 is 0.968 bits per heavy atom. The predicted molar refractivity (Wildman–Crippen MR) is 123 cm³/mol. The van der Waals surface area contributed by atoms with Crippen LogP contribution in [-0.2, 0) is 9.59 Å². The van der Waals surface area contributed by atoms with Crippen molar-refractivity contribution in [2.45, 2.75) is 13.0 Å². The minimum atomic E-state index is -0.765. The van der Waals surface area contributed by atoms with Crippen LogP contribution in [0.1, 0.15) is 22.7 Å². The molecule has 0 radical (unpaired) electrons. The van der Waals surface area contributed by atoms with Crippen LogP contribution in [0.5, 0.6) is 0 Å². The van der Waals surface area contributed by atoms with E-state index in [0.717, 1.165) is 11.1 Å². The van der Waals surface area contributed by atoms with E-state index >= 15 is 0 Å². The van der Waals surface area contributed by atoms with Gasteiger partial charge >= 0.3 is 0 Å². The largest absolute Gasteiger partial charge is 0.503 e. The zero-order valence-corrected chi connectivity index (χ0v) is 17.6. The molecule has 1 atom stereocenters. The third kappa shape index (κ3) is 4.03. The molecule has 1 heterocycles. The van der Waals surface area contributed by atoms with E-state index in [0.29, 0.717) is 16.3 Å². The Morgan fingerprint density at radius 3 is 2.29 bits per heavy atom. The van der Waals surface area contributed by atoms with Gasteiger partial charge in [0.15, 0.2) is 11.5 Å². The van der Waals surface area contributed by atoms with E-state index in [1.807, 2.05) is 55.5 Å². The minimum absolute atomic E-state index is 0.0442. The molecule has 1 amide bonds. The summed E-state index contributed by atoms with van der Waals surface area (Å²) < 4.78 is 0. The Morgan fingerprint density at radius 2 is 1.61 bits per heavy atom. The summed E-state index contributed by atoms with van der Waals surface area (Å²) in [6.45, 7) is 1.88. The molecule has 1 aliphatic rings. The van der Waals surface area contributed by atoms with E-state index in [9.17, 15) is 14.7 Å². The first-order valence-electron chi connectivity index (χ1n) is 9.82. The van der Waals surface area contributed by atoms with Gasteiger partial charge in [-0.05, 0) is 47.9 Å². The predicted octanol–water partition coefficient (Wildman–Crippen LogP) is 5.83. The highest BCUT2D eigenvalue weighted by molar-refractivity contribution is 6.30. The molecule has 0 fully saturated rings. The highest BCUT2D eigenvalue weighted by atomic mass is 35.5. The van der Waals surface area contributed by atoms with Crippen LogP contribution in [0.15, 0.2) is 96.3 Å². The van der Waals surface area contributed by atoms with Gasteiger partial charge in [-0.3, -0.25) is 14.5 Å².